The standard InChI is InChI=1S/C71H137N2O6P/c1-6-8-10-12-14-16-18-20-22-24-26-28-30-32-34-36-38-40-42-44-46-48-50-52-54-56-58-60-62-64-70(74)69(68-79-80(76,77)78-67-66-73(3,4)5)72-71(75)65-63-61-59-57-55-53-51-49-47-45-43-41-39-37-35-33-31-29-27-25-23-21-19-17-15-13-11-9-7-2/h25,27,46,48,54,56,62,64,69-70,74H,6-24,26,28-45,47,49-53,55,57-61,63,65-68H2,1-5H3,(H-,72,75,76,77)/b27-25-,48-46+,56-54+,64-62+. The number of carbonyl (C=O) groups is 1. The second kappa shape index (κ2) is 62.0. The molecule has 0 aromatic carbocycles. The highest BCUT2D eigenvalue weighted by Gasteiger charge is 2.23. The Balaban J connectivity index is 4.12. The normalized spacial score (nSPS) is 13.9. The molecule has 0 rings (SSSR count). The number of hydrogen-bond acceptors (Lipinski definition) is 6. The number of likely N-dealkylation sites (N-methyl/N-ethyl adjacent to an activating group) is 1. The third kappa shape index (κ3) is 64.0. The maximum absolute atomic E-state index is 13.0. The van der Waals surface area contributed by atoms with Crippen LogP contribution in [0.2, 0.25) is 0 Å². The monoisotopic (exact) mass is 1150 g/mol. The molecule has 9 heteroatoms. The number of nitrogens with zero attached hydrogens (tertiary/aromatic N) is 1. The van der Waals surface area contributed by atoms with E-state index in [2.05, 4.69) is 55.6 Å². The summed E-state index contributed by atoms with van der Waals surface area (Å²) in [6, 6.07) is -0.911. The van der Waals surface area contributed by atoms with Crippen LogP contribution in [0, 0.1) is 0 Å². The van der Waals surface area contributed by atoms with E-state index in [0.717, 1.165) is 44.9 Å². The van der Waals surface area contributed by atoms with Crippen molar-refractivity contribution in [2.24, 2.45) is 0 Å². The molecule has 0 bridgehead atoms. The van der Waals surface area contributed by atoms with E-state index < -0.39 is 26.6 Å². The van der Waals surface area contributed by atoms with Gasteiger partial charge in [0.2, 0.25) is 5.91 Å². The van der Waals surface area contributed by atoms with Crippen molar-refractivity contribution in [1.29, 1.82) is 0 Å². The number of nitrogens with one attached hydrogen (secondary N) is 1. The molecule has 472 valence electrons. The van der Waals surface area contributed by atoms with Crippen LogP contribution in [0.25, 0.3) is 0 Å². The molecule has 0 spiro atoms. The largest absolute Gasteiger partial charge is 0.756 e. The number of hydrogen-bond donors (Lipinski definition) is 2. The van der Waals surface area contributed by atoms with Crippen molar-refractivity contribution in [3.05, 3.63) is 48.6 Å². The van der Waals surface area contributed by atoms with Crippen LogP contribution in [-0.4, -0.2) is 68.5 Å². The van der Waals surface area contributed by atoms with Gasteiger partial charge in [0.05, 0.1) is 39.9 Å². The number of rotatable bonds is 65. The van der Waals surface area contributed by atoms with Gasteiger partial charge in [-0.05, 0) is 70.6 Å². The van der Waals surface area contributed by atoms with Crippen LogP contribution in [0.4, 0.5) is 0 Å². The van der Waals surface area contributed by atoms with E-state index in [1.54, 1.807) is 6.08 Å². The lowest BCUT2D eigenvalue weighted by atomic mass is 10.0. The van der Waals surface area contributed by atoms with Crippen LogP contribution in [0.1, 0.15) is 348 Å². The number of amides is 1. The number of aliphatic hydroxyl groups is 1. The smallest absolute Gasteiger partial charge is 0.268 e. The average Bonchev–Trinajstić information content (AvgIpc) is 3.42. The van der Waals surface area contributed by atoms with Gasteiger partial charge in [-0.1, -0.05) is 319 Å². The Hall–Kier alpha value is -1.54. The van der Waals surface area contributed by atoms with E-state index in [1.165, 1.54) is 283 Å². The summed E-state index contributed by atoms with van der Waals surface area (Å²) in [6.45, 7) is 4.67. The van der Waals surface area contributed by atoms with E-state index >= 15 is 0 Å². The summed E-state index contributed by atoms with van der Waals surface area (Å²) in [6.07, 6.45) is 83.9. The summed E-state index contributed by atoms with van der Waals surface area (Å²) >= 11 is 0. The fourth-order valence-corrected chi connectivity index (χ4v) is 11.3. The summed E-state index contributed by atoms with van der Waals surface area (Å²) in [5.41, 5.74) is 0. The van der Waals surface area contributed by atoms with Crippen LogP contribution in [0.5, 0.6) is 0 Å². The Labute approximate surface area is 499 Å². The first-order chi connectivity index (χ1) is 39.0. The zero-order valence-corrected chi connectivity index (χ0v) is 54.9. The molecular weight excluding hydrogens is 1010 g/mol. The van der Waals surface area contributed by atoms with E-state index in [0.29, 0.717) is 17.4 Å². The Morgan fingerprint density at radius 3 is 1.01 bits per heavy atom. The number of unbranched alkanes of at least 4 members (excludes halogenated alkanes) is 46. The van der Waals surface area contributed by atoms with Crippen LogP contribution in [-0.2, 0) is 18.4 Å². The average molecular weight is 1150 g/mol. The lowest BCUT2D eigenvalue weighted by Crippen LogP contribution is -2.45. The van der Waals surface area contributed by atoms with Crippen molar-refractivity contribution < 1.29 is 32.9 Å². The highest BCUT2D eigenvalue weighted by atomic mass is 31.2. The molecule has 1 amide bonds. The molecule has 0 aliphatic carbocycles. The zero-order valence-electron chi connectivity index (χ0n) is 54.0. The maximum atomic E-state index is 13.0. The molecule has 0 saturated heterocycles. The van der Waals surface area contributed by atoms with E-state index in [-0.39, 0.29) is 12.5 Å². The molecule has 0 aliphatic rings. The molecule has 2 N–H and O–H groups in total. The predicted octanol–water partition coefficient (Wildman–Crippen LogP) is 21.6. The van der Waals surface area contributed by atoms with Crippen LogP contribution >= 0.6 is 7.82 Å². The molecule has 3 atom stereocenters. The van der Waals surface area contributed by atoms with Gasteiger partial charge in [0, 0.05) is 6.42 Å². The van der Waals surface area contributed by atoms with Gasteiger partial charge in [-0.15, -0.1) is 0 Å². The van der Waals surface area contributed by atoms with Gasteiger partial charge in [-0.2, -0.15) is 0 Å². The fraction of sp³-hybridized carbons (Fsp3) is 0.873. The highest BCUT2D eigenvalue weighted by Crippen LogP contribution is 2.38. The van der Waals surface area contributed by atoms with Crippen LogP contribution < -0.4 is 10.2 Å². The molecular formula is C71H137N2O6P. The van der Waals surface area contributed by atoms with Crippen LogP contribution in [0.15, 0.2) is 48.6 Å². The minimum Gasteiger partial charge on any atom is -0.756 e. The topological polar surface area (TPSA) is 108 Å². The lowest BCUT2D eigenvalue weighted by molar-refractivity contribution is -0.870. The number of quaternary nitrogens is 1. The quantitative estimate of drug-likeness (QED) is 0.0272. The van der Waals surface area contributed by atoms with Gasteiger partial charge in [0.15, 0.2) is 0 Å². The van der Waals surface area contributed by atoms with Gasteiger partial charge in [0.25, 0.3) is 7.82 Å². The minimum absolute atomic E-state index is 0.00829. The Kier molecular flexibility index (Phi) is 60.8. The van der Waals surface area contributed by atoms with Crippen molar-refractivity contribution in [3.63, 3.8) is 0 Å². The highest BCUT2D eigenvalue weighted by molar-refractivity contribution is 7.45. The Morgan fingerprint density at radius 2 is 0.700 bits per heavy atom. The lowest BCUT2D eigenvalue weighted by Gasteiger charge is -2.29. The van der Waals surface area contributed by atoms with Gasteiger partial charge >= 0.3 is 0 Å². The molecule has 0 saturated carbocycles. The number of carbonyl (C=O) groups excluding carboxylic acids is 1. The fourth-order valence-electron chi connectivity index (χ4n) is 10.5. The van der Waals surface area contributed by atoms with E-state index in [9.17, 15) is 19.4 Å². The first-order valence-corrected chi connectivity index (χ1v) is 36.5. The van der Waals surface area contributed by atoms with Crippen LogP contribution in [0.3, 0.4) is 0 Å². The van der Waals surface area contributed by atoms with E-state index in [4.69, 9.17) is 9.05 Å². The third-order valence-corrected chi connectivity index (χ3v) is 17.0. The molecule has 0 heterocycles. The number of phosphoric acid groups is 1. The van der Waals surface area contributed by atoms with Crippen molar-refractivity contribution >= 4 is 13.7 Å². The second-order valence-electron chi connectivity index (χ2n) is 25.2. The molecule has 80 heavy (non-hydrogen) atoms. The summed E-state index contributed by atoms with van der Waals surface area (Å²) in [7, 11) is 1.25. The molecule has 0 aliphatic heterocycles. The van der Waals surface area contributed by atoms with Gasteiger partial charge in [0.1, 0.15) is 13.2 Å². The van der Waals surface area contributed by atoms with Crippen molar-refractivity contribution in [3.8, 4) is 0 Å². The molecule has 3 unspecified atom stereocenters. The van der Waals surface area contributed by atoms with Crippen molar-refractivity contribution in [1.82, 2.24) is 5.32 Å². The second-order valence-corrected chi connectivity index (χ2v) is 26.6. The predicted molar refractivity (Wildman–Crippen MR) is 348 cm³/mol. The first-order valence-electron chi connectivity index (χ1n) is 35.0. The minimum atomic E-state index is -4.62. The number of allylic oxidation sites excluding steroid dienone is 7. The third-order valence-electron chi connectivity index (χ3n) is 16.0. The zero-order chi connectivity index (χ0) is 58.4. The van der Waals surface area contributed by atoms with Gasteiger partial charge < -0.3 is 28.8 Å². The summed E-state index contributed by atoms with van der Waals surface area (Å²) in [4.78, 5) is 25.6. The molecule has 8 nitrogen and oxygen atoms in total. The molecule has 0 aromatic heterocycles. The molecule has 0 aromatic rings. The van der Waals surface area contributed by atoms with E-state index in [1.807, 2.05) is 27.2 Å². The maximum Gasteiger partial charge on any atom is 0.268 e. The summed E-state index contributed by atoms with van der Waals surface area (Å²) in [5, 5.41) is 13.9. The Bertz CT molecular complexity index is 1440. The molecule has 0 fully saturated rings. The summed E-state index contributed by atoms with van der Waals surface area (Å²) in [5.74, 6) is -0.206. The Morgan fingerprint density at radius 1 is 0.425 bits per heavy atom. The van der Waals surface area contributed by atoms with Crippen molar-refractivity contribution in [2.45, 2.75) is 360 Å². The van der Waals surface area contributed by atoms with Gasteiger partial charge in [-0.25, -0.2) is 0 Å². The molecule has 0 radical (unpaired) electrons. The first kappa shape index (κ1) is 78.5. The van der Waals surface area contributed by atoms with Gasteiger partial charge in [-0.3, -0.25) is 9.36 Å². The SMILES string of the molecule is CCCCCCCCCC/C=C\CCCCCCCCCCCCCCCCCCCC(=O)NC(COP(=O)([O-])OCC[N+](C)(C)C)C(O)/C=C/CC/C=C/CC/C=C/CCCCCCCCCCCCCCCCCCCCC. The number of phosphoric ester groups is 1. The van der Waals surface area contributed by atoms with Crippen molar-refractivity contribution in [2.75, 3.05) is 40.9 Å². The number of aliphatic hydroxyl groups excluding tert-OH is 1. The summed E-state index contributed by atoms with van der Waals surface area (Å²) < 4.78 is 23.4.